The summed E-state index contributed by atoms with van der Waals surface area (Å²) in [5.41, 5.74) is 8.54. The van der Waals surface area contributed by atoms with Crippen LogP contribution >= 0.6 is 0 Å². The number of methoxy groups -OCH3 is 1. The van der Waals surface area contributed by atoms with Gasteiger partial charge in [0.2, 0.25) is 5.79 Å². The Morgan fingerprint density at radius 3 is 2.56 bits per heavy atom. The second kappa shape index (κ2) is 7.28. The predicted octanol–water partition coefficient (Wildman–Crippen LogP) is 5.44. The molecule has 12 atom stereocenters. The summed E-state index contributed by atoms with van der Waals surface area (Å²) in [6.45, 7) is 10.9. The fourth-order valence-electron chi connectivity index (χ4n) is 10.6. The summed E-state index contributed by atoms with van der Waals surface area (Å²) in [6.07, 6.45) is 12.0. The minimum absolute atomic E-state index is 0.327. The van der Waals surface area contributed by atoms with Gasteiger partial charge in [-0.15, -0.1) is 0 Å². The van der Waals surface area contributed by atoms with Crippen molar-refractivity contribution in [2.75, 3.05) is 13.7 Å². The summed E-state index contributed by atoms with van der Waals surface area (Å²) >= 11 is 0. The standard InChI is InChI=1S/C28H46N2O2/c1-16-14-28(31-5)25(30-15-16)17(2)24-23(32-28)13-22-20-7-6-18-12-19(29)8-10-26(18,3)21(20)9-11-27(22,24)4/h16-24H,6-15,29H2,1-5H3. The van der Waals surface area contributed by atoms with Gasteiger partial charge in [-0.3, -0.25) is 4.99 Å². The molecule has 12 unspecified atom stereocenters. The molecular weight excluding hydrogens is 396 g/mol. The number of fused-ring (bicyclic) bond motifs is 8. The molecule has 0 spiro atoms. The van der Waals surface area contributed by atoms with E-state index >= 15 is 0 Å². The third-order valence-corrected chi connectivity index (χ3v) is 12.0. The molecule has 4 saturated carbocycles. The zero-order chi connectivity index (χ0) is 22.5. The molecule has 0 amide bonds. The number of hydrogen-bond donors (Lipinski definition) is 1. The predicted molar refractivity (Wildman–Crippen MR) is 128 cm³/mol. The second-order valence-corrected chi connectivity index (χ2v) is 13.4. The molecule has 0 aromatic carbocycles. The lowest BCUT2D eigenvalue weighted by Gasteiger charge is -2.61. The summed E-state index contributed by atoms with van der Waals surface area (Å²) in [6, 6.07) is 0.443. The third kappa shape index (κ3) is 2.81. The van der Waals surface area contributed by atoms with Crippen molar-refractivity contribution in [3.63, 3.8) is 0 Å². The van der Waals surface area contributed by atoms with Crippen LogP contribution in [0.1, 0.15) is 85.5 Å². The quantitative estimate of drug-likeness (QED) is 0.588. The second-order valence-electron chi connectivity index (χ2n) is 13.4. The molecule has 0 aromatic rings. The first-order chi connectivity index (χ1) is 15.2. The molecule has 0 radical (unpaired) electrons. The van der Waals surface area contributed by atoms with Crippen molar-refractivity contribution in [3.8, 4) is 0 Å². The van der Waals surface area contributed by atoms with Crippen molar-refractivity contribution in [2.45, 2.75) is 103 Å². The molecular formula is C28H46N2O2. The SMILES string of the molecule is COC12CC(C)CN=C1C(C)C1C(CC3C4CCC5CC(N)CCC5(C)C4CCC31C)O2. The average Bonchev–Trinajstić information content (AvgIpc) is 3.06. The molecule has 2 aliphatic heterocycles. The van der Waals surface area contributed by atoms with Crippen LogP contribution in [0.25, 0.3) is 0 Å². The zero-order valence-corrected chi connectivity index (χ0v) is 21.1. The smallest absolute Gasteiger partial charge is 0.208 e. The first-order valence-electron chi connectivity index (χ1n) is 13.7. The van der Waals surface area contributed by atoms with Gasteiger partial charge in [-0.1, -0.05) is 27.7 Å². The minimum Gasteiger partial charge on any atom is -0.348 e. The van der Waals surface area contributed by atoms with Gasteiger partial charge in [-0.2, -0.15) is 0 Å². The molecule has 6 aliphatic rings. The van der Waals surface area contributed by atoms with Crippen molar-refractivity contribution < 1.29 is 9.47 Å². The van der Waals surface area contributed by atoms with Crippen molar-refractivity contribution in [1.29, 1.82) is 0 Å². The van der Waals surface area contributed by atoms with Gasteiger partial charge in [0.25, 0.3) is 0 Å². The number of nitrogens with zero attached hydrogens (tertiary/aromatic N) is 1. The number of nitrogens with two attached hydrogens (primary N) is 1. The Balaban J connectivity index is 1.32. The maximum Gasteiger partial charge on any atom is 0.208 e. The van der Waals surface area contributed by atoms with Crippen LogP contribution in [0.4, 0.5) is 0 Å². The van der Waals surface area contributed by atoms with E-state index < -0.39 is 5.79 Å². The van der Waals surface area contributed by atoms with Gasteiger partial charge in [0.05, 0.1) is 11.8 Å². The van der Waals surface area contributed by atoms with Crippen molar-refractivity contribution in [1.82, 2.24) is 0 Å². The summed E-state index contributed by atoms with van der Waals surface area (Å²) < 4.78 is 13.2. The lowest BCUT2D eigenvalue weighted by molar-refractivity contribution is -0.240. The van der Waals surface area contributed by atoms with Gasteiger partial charge in [-0.05, 0) is 97.7 Å². The van der Waals surface area contributed by atoms with Crippen LogP contribution in [0, 0.1) is 52.3 Å². The molecule has 1 saturated heterocycles. The fraction of sp³-hybridized carbons (Fsp3) is 0.964. The molecule has 2 heterocycles. The maximum atomic E-state index is 7.01. The largest absolute Gasteiger partial charge is 0.348 e. The molecule has 5 fully saturated rings. The summed E-state index contributed by atoms with van der Waals surface area (Å²) in [5.74, 6) is 4.42. The highest BCUT2D eigenvalue weighted by molar-refractivity contribution is 5.94. The first kappa shape index (κ1) is 22.0. The monoisotopic (exact) mass is 442 g/mol. The molecule has 180 valence electrons. The fourth-order valence-corrected chi connectivity index (χ4v) is 10.6. The molecule has 32 heavy (non-hydrogen) atoms. The molecule has 4 aliphatic carbocycles. The van der Waals surface area contributed by atoms with Crippen LogP contribution in [-0.2, 0) is 9.47 Å². The van der Waals surface area contributed by atoms with Crippen LogP contribution in [-0.4, -0.2) is 37.3 Å². The topological polar surface area (TPSA) is 56.8 Å². The molecule has 2 N–H and O–H groups in total. The first-order valence-corrected chi connectivity index (χ1v) is 13.7. The van der Waals surface area contributed by atoms with E-state index in [-0.39, 0.29) is 0 Å². The van der Waals surface area contributed by atoms with E-state index in [1.54, 1.807) is 0 Å². The highest BCUT2D eigenvalue weighted by Gasteiger charge is 2.67. The maximum absolute atomic E-state index is 7.01. The third-order valence-electron chi connectivity index (χ3n) is 12.0. The Bertz CT molecular complexity index is 798. The average molecular weight is 443 g/mol. The number of rotatable bonds is 1. The summed E-state index contributed by atoms with van der Waals surface area (Å²) in [7, 11) is 1.84. The molecule has 0 bridgehead atoms. The molecule has 4 heteroatoms. The highest BCUT2D eigenvalue weighted by atomic mass is 16.7. The van der Waals surface area contributed by atoms with Gasteiger partial charge in [0, 0.05) is 32.0 Å². The number of hydrogen-bond acceptors (Lipinski definition) is 4. The van der Waals surface area contributed by atoms with Gasteiger partial charge in [0.15, 0.2) is 0 Å². The summed E-state index contributed by atoms with van der Waals surface area (Å²) in [5, 5.41) is 0. The Labute approximate surface area is 195 Å². The Kier molecular flexibility index (Phi) is 5.01. The van der Waals surface area contributed by atoms with Crippen LogP contribution in [0.2, 0.25) is 0 Å². The highest BCUT2D eigenvalue weighted by Crippen LogP contribution is 2.69. The van der Waals surface area contributed by atoms with Crippen molar-refractivity contribution in [2.24, 2.45) is 63.0 Å². The van der Waals surface area contributed by atoms with Crippen LogP contribution < -0.4 is 5.73 Å². The van der Waals surface area contributed by atoms with E-state index in [9.17, 15) is 0 Å². The van der Waals surface area contributed by atoms with E-state index in [4.69, 9.17) is 20.2 Å². The summed E-state index contributed by atoms with van der Waals surface area (Å²) in [4.78, 5) is 5.09. The zero-order valence-electron chi connectivity index (χ0n) is 21.1. The van der Waals surface area contributed by atoms with Crippen LogP contribution in [0.15, 0.2) is 4.99 Å². The normalized spacial score (nSPS) is 59.2. The van der Waals surface area contributed by atoms with Crippen LogP contribution in [0.5, 0.6) is 0 Å². The molecule has 4 nitrogen and oxygen atoms in total. The van der Waals surface area contributed by atoms with E-state index in [1.807, 2.05) is 7.11 Å². The van der Waals surface area contributed by atoms with Crippen molar-refractivity contribution in [3.05, 3.63) is 0 Å². The van der Waals surface area contributed by atoms with Gasteiger partial charge >= 0.3 is 0 Å². The molecule has 6 rings (SSSR count). The Morgan fingerprint density at radius 1 is 1.00 bits per heavy atom. The Hall–Kier alpha value is -0.450. The van der Waals surface area contributed by atoms with E-state index in [0.717, 1.165) is 36.6 Å². The van der Waals surface area contributed by atoms with Gasteiger partial charge in [-0.25, -0.2) is 0 Å². The van der Waals surface area contributed by atoms with Crippen LogP contribution in [0.3, 0.4) is 0 Å². The van der Waals surface area contributed by atoms with E-state index in [1.165, 1.54) is 57.1 Å². The van der Waals surface area contributed by atoms with E-state index in [0.29, 0.717) is 40.7 Å². The number of aliphatic imine (C=N–C) groups is 1. The van der Waals surface area contributed by atoms with Crippen molar-refractivity contribution >= 4 is 5.71 Å². The van der Waals surface area contributed by atoms with E-state index in [2.05, 4.69) is 27.7 Å². The number of ether oxygens (including phenoxy) is 2. The lowest BCUT2D eigenvalue weighted by Crippen LogP contribution is -2.61. The molecule has 0 aromatic heterocycles. The Morgan fingerprint density at radius 2 is 1.78 bits per heavy atom. The van der Waals surface area contributed by atoms with Gasteiger partial charge < -0.3 is 15.2 Å². The van der Waals surface area contributed by atoms with Gasteiger partial charge in [0.1, 0.15) is 0 Å². The lowest BCUT2D eigenvalue weighted by atomic mass is 9.44. The minimum atomic E-state index is -0.565.